The fourth-order valence-electron chi connectivity index (χ4n) is 1.62. The molecule has 4 nitrogen and oxygen atoms in total. The van der Waals surface area contributed by atoms with Crippen molar-refractivity contribution in [3.63, 3.8) is 0 Å². The highest BCUT2D eigenvalue weighted by Crippen LogP contribution is 2.15. The van der Waals surface area contributed by atoms with Crippen molar-refractivity contribution in [1.82, 2.24) is 5.06 Å². The van der Waals surface area contributed by atoms with Gasteiger partial charge in [-0.25, -0.2) is 0 Å². The number of carbonyl (C=O) groups excluding carboxylic acids is 2. The molecule has 1 aliphatic heterocycles. The van der Waals surface area contributed by atoms with Crippen LogP contribution in [0.15, 0.2) is 12.2 Å². The zero-order valence-electron chi connectivity index (χ0n) is 10.6. The average molecular weight is 239 g/mol. The molecule has 1 atom stereocenters. The monoisotopic (exact) mass is 239 g/mol. The van der Waals surface area contributed by atoms with Crippen molar-refractivity contribution in [2.24, 2.45) is 0 Å². The molecule has 0 aromatic heterocycles. The van der Waals surface area contributed by atoms with E-state index in [1.54, 1.807) is 0 Å². The topological polar surface area (TPSA) is 46.6 Å². The largest absolute Gasteiger partial charge is 0.272 e. The summed E-state index contributed by atoms with van der Waals surface area (Å²) in [6.45, 7) is 4.11. The lowest BCUT2D eigenvalue weighted by Gasteiger charge is -2.18. The molecule has 1 saturated heterocycles. The summed E-state index contributed by atoms with van der Waals surface area (Å²) in [5.41, 5.74) is 0. The van der Waals surface area contributed by atoms with Gasteiger partial charge in [0.1, 0.15) is 6.10 Å². The van der Waals surface area contributed by atoms with Crippen LogP contribution in [0, 0.1) is 0 Å². The van der Waals surface area contributed by atoms with Gasteiger partial charge < -0.3 is 0 Å². The normalized spacial score (nSPS) is 18.4. The molecule has 0 aromatic carbocycles. The summed E-state index contributed by atoms with van der Waals surface area (Å²) in [6, 6.07) is 0. The second kappa shape index (κ2) is 7.22. The molecule has 0 radical (unpaired) electrons. The number of imide groups is 1. The molecule has 96 valence electrons. The number of rotatable bonds is 7. The van der Waals surface area contributed by atoms with E-state index in [9.17, 15) is 9.59 Å². The SMILES string of the molecule is CCCC/C=C/C(CC)ON1C(=O)CCC1=O. The van der Waals surface area contributed by atoms with Crippen molar-refractivity contribution in [1.29, 1.82) is 0 Å². The summed E-state index contributed by atoms with van der Waals surface area (Å²) in [5, 5.41) is 0.929. The van der Waals surface area contributed by atoms with Crippen molar-refractivity contribution in [2.75, 3.05) is 0 Å². The summed E-state index contributed by atoms with van der Waals surface area (Å²) in [7, 11) is 0. The molecule has 17 heavy (non-hydrogen) atoms. The number of hydrogen-bond donors (Lipinski definition) is 0. The Morgan fingerprint density at radius 3 is 2.47 bits per heavy atom. The van der Waals surface area contributed by atoms with Gasteiger partial charge in [-0.15, -0.1) is 0 Å². The lowest BCUT2D eigenvalue weighted by Crippen LogP contribution is -2.33. The Bertz CT molecular complexity index is 283. The third-order valence-electron chi connectivity index (χ3n) is 2.72. The van der Waals surface area contributed by atoms with Gasteiger partial charge in [0, 0.05) is 12.8 Å². The van der Waals surface area contributed by atoms with Crippen molar-refractivity contribution in [2.45, 2.75) is 58.5 Å². The van der Waals surface area contributed by atoms with E-state index < -0.39 is 0 Å². The van der Waals surface area contributed by atoms with Crippen LogP contribution in [0.2, 0.25) is 0 Å². The number of unbranched alkanes of at least 4 members (excludes halogenated alkanes) is 2. The maximum Gasteiger partial charge on any atom is 0.254 e. The highest BCUT2D eigenvalue weighted by molar-refractivity contribution is 6.00. The highest BCUT2D eigenvalue weighted by Gasteiger charge is 2.31. The van der Waals surface area contributed by atoms with Crippen LogP contribution in [-0.4, -0.2) is 23.0 Å². The number of allylic oxidation sites excluding steroid dienone is 1. The van der Waals surface area contributed by atoms with E-state index in [0.29, 0.717) is 0 Å². The van der Waals surface area contributed by atoms with Crippen LogP contribution in [0.4, 0.5) is 0 Å². The molecular formula is C13H21NO3. The first-order valence-corrected chi connectivity index (χ1v) is 6.38. The van der Waals surface area contributed by atoms with E-state index in [2.05, 4.69) is 13.0 Å². The number of hydroxylamine groups is 2. The summed E-state index contributed by atoms with van der Waals surface area (Å²) in [6.07, 6.45) is 8.43. The first-order chi connectivity index (χ1) is 8.19. The average Bonchev–Trinajstić information content (AvgIpc) is 2.64. The summed E-state index contributed by atoms with van der Waals surface area (Å²) in [5.74, 6) is -0.453. The minimum absolute atomic E-state index is 0.183. The van der Waals surface area contributed by atoms with Gasteiger partial charge >= 0.3 is 0 Å². The van der Waals surface area contributed by atoms with E-state index in [0.717, 1.165) is 30.7 Å². The Morgan fingerprint density at radius 1 is 1.29 bits per heavy atom. The van der Waals surface area contributed by atoms with E-state index in [1.165, 1.54) is 0 Å². The number of nitrogens with zero attached hydrogens (tertiary/aromatic N) is 1. The van der Waals surface area contributed by atoms with E-state index in [1.807, 2.05) is 13.0 Å². The molecule has 1 heterocycles. The van der Waals surface area contributed by atoms with Crippen LogP contribution in [0.5, 0.6) is 0 Å². The lowest BCUT2D eigenvalue weighted by molar-refractivity contribution is -0.196. The Hall–Kier alpha value is -1.16. The Morgan fingerprint density at radius 2 is 1.94 bits per heavy atom. The van der Waals surface area contributed by atoms with E-state index in [-0.39, 0.29) is 30.8 Å². The van der Waals surface area contributed by atoms with Gasteiger partial charge in [-0.3, -0.25) is 14.4 Å². The third kappa shape index (κ3) is 4.30. The fraction of sp³-hybridized carbons (Fsp3) is 0.692. The Labute approximate surface area is 103 Å². The van der Waals surface area contributed by atoms with Gasteiger partial charge in [-0.1, -0.05) is 38.8 Å². The molecule has 4 heteroatoms. The maximum absolute atomic E-state index is 11.4. The number of carbonyl (C=O) groups is 2. The van der Waals surface area contributed by atoms with Crippen molar-refractivity contribution in [3.8, 4) is 0 Å². The molecule has 0 N–H and O–H groups in total. The van der Waals surface area contributed by atoms with Crippen molar-refractivity contribution >= 4 is 11.8 Å². The summed E-state index contributed by atoms with van der Waals surface area (Å²) < 4.78 is 0. The molecule has 0 saturated carbocycles. The van der Waals surface area contributed by atoms with Crippen LogP contribution in [-0.2, 0) is 14.4 Å². The van der Waals surface area contributed by atoms with Gasteiger partial charge in [-0.05, 0) is 12.8 Å². The molecule has 1 unspecified atom stereocenters. The maximum atomic E-state index is 11.4. The molecule has 1 aliphatic rings. The predicted octanol–water partition coefficient (Wildman–Crippen LogP) is 2.59. The fourth-order valence-corrected chi connectivity index (χ4v) is 1.62. The van der Waals surface area contributed by atoms with Crippen LogP contribution >= 0.6 is 0 Å². The van der Waals surface area contributed by atoms with Crippen molar-refractivity contribution in [3.05, 3.63) is 12.2 Å². The lowest BCUT2D eigenvalue weighted by atomic mass is 10.2. The van der Waals surface area contributed by atoms with Crippen LogP contribution in [0.1, 0.15) is 52.4 Å². The van der Waals surface area contributed by atoms with Gasteiger partial charge in [0.25, 0.3) is 11.8 Å². The van der Waals surface area contributed by atoms with E-state index >= 15 is 0 Å². The van der Waals surface area contributed by atoms with Crippen LogP contribution in [0.3, 0.4) is 0 Å². The quantitative estimate of drug-likeness (QED) is 0.390. The Balaban J connectivity index is 2.43. The third-order valence-corrected chi connectivity index (χ3v) is 2.72. The first-order valence-electron chi connectivity index (χ1n) is 6.38. The van der Waals surface area contributed by atoms with E-state index in [4.69, 9.17) is 4.84 Å². The second-order valence-corrected chi connectivity index (χ2v) is 4.20. The molecule has 0 aromatic rings. The van der Waals surface area contributed by atoms with Crippen LogP contribution in [0.25, 0.3) is 0 Å². The molecule has 2 amide bonds. The predicted molar refractivity (Wildman–Crippen MR) is 64.9 cm³/mol. The summed E-state index contributed by atoms with van der Waals surface area (Å²) in [4.78, 5) is 28.1. The minimum atomic E-state index is -0.226. The van der Waals surface area contributed by atoms with Crippen LogP contribution < -0.4 is 0 Å². The van der Waals surface area contributed by atoms with Gasteiger partial charge in [-0.2, -0.15) is 5.06 Å². The number of hydrogen-bond acceptors (Lipinski definition) is 3. The first kappa shape index (κ1) is 13.9. The minimum Gasteiger partial charge on any atom is -0.272 e. The zero-order valence-corrected chi connectivity index (χ0v) is 10.6. The van der Waals surface area contributed by atoms with Gasteiger partial charge in [0.05, 0.1) is 0 Å². The van der Waals surface area contributed by atoms with Crippen molar-refractivity contribution < 1.29 is 14.4 Å². The zero-order chi connectivity index (χ0) is 12.7. The molecule has 0 spiro atoms. The molecular weight excluding hydrogens is 218 g/mol. The Kier molecular flexibility index (Phi) is 5.91. The van der Waals surface area contributed by atoms with Gasteiger partial charge in [0.2, 0.25) is 0 Å². The molecule has 0 bridgehead atoms. The van der Waals surface area contributed by atoms with Gasteiger partial charge in [0.15, 0.2) is 0 Å². The molecule has 1 fully saturated rings. The standard InChI is InChI=1S/C13H21NO3/c1-3-5-6-7-8-11(4-2)17-14-12(15)9-10-13(14)16/h7-8,11H,3-6,9-10H2,1-2H3/b8-7+. The second-order valence-electron chi connectivity index (χ2n) is 4.20. The summed E-state index contributed by atoms with van der Waals surface area (Å²) >= 11 is 0. The molecule has 0 aliphatic carbocycles. The number of amides is 2. The molecule has 1 rings (SSSR count). The smallest absolute Gasteiger partial charge is 0.254 e. The highest BCUT2D eigenvalue weighted by atomic mass is 16.7.